The molecule has 0 saturated carbocycles. The van der Waals surface area contributed by atoms with E-state index in [-0.39, 0.29) is 11.8 Å². The third-order valence-corrected chi connectivity index (χ3v) is 5.93. The highest BCUT2D eigenvalue weighted by Gasteiger charge is 2.18. The summed E-state index contributed by atoms with van der Waals surface area (Å²) in [5, 5.41) is 7.51. The molecule has 0 bridgehead atoms. The highest BCUT2D eigenvalue weighted by molar-refractivity contribution is 5.94. The number of nitrogens with one attached hydrogen (secondary N) is 1. The average Bonchev–Trinajstić information content (AvgIpc) is 3.34. The highest BCUT2D eigenvalue weighted by Crippen LogP contribution is 2.20. The molecular weight excluding hydrogens is 468 g/mol. The van der Waals surface area contributed by atoms with Crippen LogP contribution in [0.5, 0.6) is 0 Å². The summed E-state index contributed by atoms with van der Waals surface area (Å²) in [5.41, 5.74) is 4.29. The van der Waals surface area contributed by atoms with Gasteiger partial charge in [0, 0.05) is 42.4 Å². The molecule has 1 N–H and O–H groups in total. The summed E-state index contributed by atoms with van der Waals surface area (Å²) in [6.45, 7) is 4.31. The number of carbonyl (C=O) groups is 2. The Hall–Kier alpha value is -4.55. The topological polar surface area (TPSA) is 102 Å². The lowest BCUT2D eigenvalue weighted by Crippen LogP contribution is -2.40. The van der Waals surface area contributed by atoms with E-state index in [2.05, 4.69) is 27.1 Å². The molecule has 9 heteroatoms. The van der Waals surface area contributed by atoms with Gasteiger partial charge in [-0.3, -0.25) is 9.59 Å². The summed E-state index contributed by atoms with van der Waals surface area (Å²) in [4.78, 5) is 35.0. The minimum Gasteiger partial charge on any atom is -0.378 e. The van der Waals surface area contributed by atoms with Crippen LogP contribution in [0.15, 0.2) is 60.9 Å². The lowest BCUT2D eigenvalue weighted by Gasteiger charge is -2.26. The number of fused-ring (bicyclic) bond motifs is 1. The Labute approximate surface area is 214 Å². The third kappa shape index (κ3) is 5.66. The first-order chi connectivity index (χ1) is 18.1. The maximum absolute atomic E-state index is 12.7. The number of hydrogen-bond acceptors (Lipinski definition) is 6. The molecule has 186 valence electrons. The molecule has 0 spiro atoms. The van der Waals surface area contributed by atoms with E-state index in [1.807, 2.05) is 48.2 Å². The zero-order chi connectivity index (χ0) is 25.6. The molecule has 1 aliphatic heterocycles. The molecule has 1 fully saturated rings. The summed E-state index contributed by atoms with van der Waals surface area (Å²) in [7, 11) is 0. The molecule has 2 amide bonds. The number of morpholine rings is 1. The first-order valence-electron chi connectivity index (χ1n) is 12.2. The first kappa shape index (κ1) is 24.2. The molecule has 5 rings (SSSR count). The molecule has 1 aromatic carbocycles. The number of pyridine rings is 1. The van der Waals surface area contributed by atoms with Gasteiger partial charge in [0.05, 0.1) is 25.1 Å². The molecule has 0 atom stereocenters. The van der Waals surface area contributed by atoms with E-state index >= 15 is 0 Å². The molecular formula is C28H26N6O3. The molecule has 4 heterocycles. The summed E-state index contributed by atoms with van der Waals surface area (Å²) in [6, 6.07) is 14.8. The minimum absolute atomic E-state index is 0.00892. The van der Waals surface area contributed by atoms with E-state index in [4.69, 9.17) is 9.84 Å². The molecule has 3 aromatic heterocycles. The van der Waals surface area contributed by atoms with Gasteiger partial charge in [0.25, 0.3) is 5.91 Å². The molecule has 0 aliphatic carbocycles. The van der Waals surface area contributed by atoms with E-state index in [0.717, 1.165) is 17.7 Å². The molecule has 1 aliphatic rings. The molecule has 0 radical (unpaired) electrons. The Morgan fingerprint density at radius 1 is 1.03 bits per heavy atom. The van der Waals surface area contributed by atoms with Crippen molar-refractivity contribution in [3.05, 3.63) is 77.7 Å². The monoisotopic (exact) mass is 494 g/mol. The Morgan fingerprint density at radius 2 is 1.84 bits per heavy atom. The van der Waals surface area contributed by atoms with Gasteiger partial charge in [-0.15, -0.1) is 0 Å². The predicted octanol–water partition coefficient (Wildman–Crippen LogP) is 3.40. The minimum atomic E-state index is -0.0721. The van der Waals surface area contributed by atoms with E-state index in [0.29, 0.717) is 61.0 Å². The summed E-state index contributed by atoms with van der Waals surface area (Å²) in [6.07, 6.45) is 4.50. The van der Waals surface area contributed by atoms with Crippen molar-refractivity contribution in [1.29, 1.82) is 0 Å². The molecule has 9 nitrogen and oxygen atoms in total. The smallest absolute Gasteiger partial charge is 0.254 e. The summed E-state index contributed by atoms with van der Waals surface area (Å²) >= 11 is 0. The van der Waals surface area contributed by atoms with Gasteiger partial charge in [0.2, 0.25) is 5.91 Å². The van der Waals surface area contributed by atoms with E-state index in [1.165, 1.54) is 0 Å². The predicted molar refractivity (Wildman–Crippen MR) is 139 cm³/mol. The molecule has 1 saturated heterocycles. The van der Waals surface area contributed by atoms with Crippen LogP contribution in [-0.2, 0) is 9.53 Å². The zero-order valence-electron chi connectivity index (χ0n) is 20.5. The van der Waals surface area contributed by atoms with Crippen molar-refractivity contribution >= 4 is 23.3 Å². The van der Waals surface area contributed by atoms with Crippen molar-refractivity contribution in [2.75, 3.05) is 31.6 Å². The van der Waals surface area contributed by atoms with Crippen LogP contribution in [0.25, 0.3) is 16.9 Å². The van der Waals surface area contributed by atoms with Crippen LogP contribution in [0.1, 0.15) is 41.4 Å². The Bertz CT molecular complexity index is 1490. The third-order valence-electron chi connectivity index (χ3n) is 5.93. The summed E-state index contributed by atoms with van der Waals surface area (Å²) in [5.74, 6) is 6.63. The maximum Gasteiger partial charge on any atom is 0.254 e. The summed E-state index contributed by atoms with van der Waals surface area (Å²) < 4.78 is 7.03. The first-order valence-corrected chi connectivity index (χ1v) is 12.2. The fraction of sp³-hybridized carbons (Fsp3) is 0.250. The van der Waals surface area contributed by atoms with E-state index in [9.17, 15) is 9.59 Å². The number of carbonyl (C=O) groups excluding carboxylic acids is 2. The molecule has 37 heavy (non-hydrogen) atoms. The normalized spacial score (nSPS) is 13.2. The number of ether oxygens (including phenoxy) is 1. The highest BCUT2D eigenvalue weighted by atomic mass is 16.5. The van der Waals surface area contributed by atoms with Gasteiger partial charge in [0.15, 0.2) is 5.65 Å². The number of hydrogen-bond donors (Lipinski definition) is 1. The number of amides is 2. The van der Waals surface area contributed by atoms with Crippen LogP contribution in [0, 0.1) is 11.8 Å². The van der Waals surface area contributed by atoms with Crippen molar-refractivity contribution in [1.82, 2.24) is 24.5 Å². The van der Waals surface area contributed by atoms with Crippen LogP contribution < -0.4 is 5.32 Å². The van der Waals surface area contributed by atoms with E-state index in [1.54, 1.807) is 29.0 Å². The average molecular weight is 495 g/mol. The second kappa shape index (κ2) is 11.0. The van der Waals surface area contributed by atoms with Crippen LogP contribution in [-0.4, -0.2) is 62.6 Å². The lowest BCUT2D eigenvalue weighted by atomic mass is 10.1. The second-order valence-corrected chi connectivity index (χ2v) is 8.59. The Balaban J connectivity index is 1.35. The van der Waals surface area contributed by atoms with Gasteiger partial charge >= 0.3 is 0 Å². The number of nitrogens with zero attached hydrogens (tertiary/aromatic N) is 5. The number of anilines is 1. The van der Waals surface area contributed by atoms with Crippen LogP contribution in [0.2, 0.25) is 0 Å². The quantitative estimate of drug-likeness (QED) is 0.427. The van der Waals surface area contributed by atoms with Crippen LogP contribution >= 0.6 is 0 Å². The maximum atomic E-state index is 12.7. The number of aromatic nitrogens is 4. The van der Waals surface area contributed by atoms with Crippen molar-refractivity contribution in [2.45, 2.75) is 19.8 Å². The van der Waals surface area contributed by atoms with Crippen molar-refractivity contribution in [2.24, 2.45) is 0 Å². The van der Waals surface area contributed by atoms with Gasteiger partial charge in [-0.1, -0.05) is 25.0 Å². The van der Waals surface area contributed by atoms with Gasteiger partial charge in [0.1, 0.15) is 11.5 Å². The lowest BCUT2D eigenvalue weighted by molar-refractivity contribution is -0.116. The number of imidazole rings is 1. The van der Waals surface area contributed by atoms with Gasteiger partial charge in [-0.05, 0) is 48.7 Å². The van der Waals surface area contributed by atoms with Crippen LogP contribution in [0.3, 0.4) is 0 Å². The zero-order valence-corrected chi connectivity index (χ0v) is 20.5. The SMILES string of the molecule is CCCC(=O)Nc1cc(C#Cc2cnc3ccc(-c4ccc(C(=O)N5CCOCC5)cc4)nn23)ccn1. The molecule has 4 aromatic rings. The van der Waals surface area contributed by atoms with Crippen LogP contribution in [0.4, 0.5) is 5.82 Å². The van der Waals surface area contributed by atoms with Gasteiger partial charge in [-0.25, -0.2) is 14.5 Å². The largest absolute Gasteiger partial charge is 0.378 e. The Morgan fingerprint density at radius 3 is 2.62 bits per heavy atom. The standard InChI is InChI=1S/C28H26N6O3/c1-2-3-27(35)31-25-18-20(12-13-29-25)4-9-23-19-30-26-11-10-24(32-34(23)26)21-5-7-22(8-6-21)28(36)33-14-16-37-17-15-33/h5-8,10-13,18-19H,2-3,14-17H2,1H3,(H,29,31,35). The van der Waals surface area contributed by atoms with E-state index < -0.39 is 0 Å². The number of rotatable bonds is 5. The second-order valence-electron chi connectivity index (χ2n) is 8.59. The van der Waals surface area contributed by atoms with Gasteiger partial charge in [-0.2, -0.15) is 5.10 Å². The fourth-order valence-electron chi connectivity index (χ4n) is 3.99. The van der Waals surface area contributed by atoms with Crippen molar-refractivity contribution in [3.63, 3.8) is 0 Å². The van der Waals surface area contributed by atoms with Crippen molar-refractivity contribution in [3.8, 4) is 23.1 Å². The Kier molecular flexibility index (Phi) is 7.19. The molecule has 0 unspecified atom stereocenters. The van der Waals surface area contributed by atoms with Crippen molar-refractivity contribution < 1.29 is 14.3 Å². The fourth-order valence-corrected chi connectivity index (χ4v) is 3.99. The van der Waals surface area contributed by atoms with Gasteiger partial charge < -0.3 is 15.0 Å². The number of benzene rings is 1.